The van der Waals surface area contributed by atoms with Crippen LogP contribution in [0.3, 0.4) is 0 Å². The van der Waals surface area contributed by atoms with Crippen molar-refractivity contribution in [3.8, 4) is 5.75 Å². The number of para-hydroxylation sites is 1. The fourth-order valence-electron chi connectivity index (χ4n) is 2.39. The quantitative estimate of drug-likeness (QED) is 0.810. The van der Waals surface area contributed by atoms with Crippen molar-refractivity contribution in [2.45, 2.75) is 25.8 Å². The first-order valence-corrected chi connectivity index (χ1v) is 8.13. The Balaban J connectivity index is 1.94. The topological polar surface area (TPSA) is 38.3 Å². The highest BCUT2D eigenvalue weighted by molar-refractivity contribution is 6.35. The summed E-state index contributed by atoms with van der Waals surface area (Å²) < 4.78 is 5.32. The lowest BCUT2D eigenvalue weighted by atomic mass is 10.1. The Hall–Kier alpha value is -1.71. The molecule has 122 valence electrons. The maximum absolute atomic E-state index is 12.2. The van der Waals surface area contributed by atoms with E-state index in [2.05, 4.69) is 5.32 Å². The van der Waals surface area contributed by atoms with Crippen LogP contribution in [0.5, 0.6) is 5.75 Å². The van der Waals surface area contributed by atoms with Crippen molar-refractivity contribution >= 4 is 29.1 Å². The summed E-state index contributed by atoms with van der Waals surface area (Å²) in [5.74, 6) is 0.732. The van der Waals surface area contributed by atoms with E-state index in [0.29, 0.717) is 22.9 Å². The van der Waals surface area contributed by atoms with Gasteiger partial charge in [-0.1, -0.05) is 47.5 Å². The summed E-state index contributed by atoms with van der Waals surface area (Å²) in [6.45, 7) is 1.94. The van der Waals surface area contributed by atoms with E-state index in [0.717, 1.165) is 16.9 Å². The molecule has 3 nitrogen and oxygen atoms in total. The smallest absolute Gasteiger partial charge is 0.220 e. The Morgan fingerprint density at radius 3 is 2.65 bits per heavy atom. The number of carbonyl (C=O) groups excluding carboxylic acids is 1. The van der Waals surface area contributed by atoms with Gasteiger partial charge in [-0.25, -0.2) is 0 Å². The zero-order valence-electron chi connectivity index (χ0n) is 13.1. The average Bonchev–Trinajstić information content (AvgIpc) is 2.54. The largest absolute Gasteiger partial charge is 0.496 e. The fourth-order valence-corrected chi connectivity index (χ4v) is 2.89. The minimum Gasteiger partial charge on any atom is -0.496 e. The number of rotatable bonds is 6. The number of hydrogen-bond donors (Lipinski definition) is 1. The number of nitrogens with one attached hydrogen (secondary N) is 1. The Kier molecular flexibility index (Phi) is 6.31. The van der Waals surface area contributed by atoms with Gasteiger partial charge in [0.05, 0.1) is 13.2 Å². The molecule has 0 unspecified atom stereocenters. The monoisotopic (exact) mass is 351 g/mol. The van der Waals surface area contributed by atoms with Gasteiger partial charge in [-0.05, 0) is 37.1 Å². The molecule has 0 bridgehead atoms. The molecule has 0 radical (unpaired) electrons. The molecule has 0 aliphatic rings. The van der Waals surface area contributed by atoms with Gasteiger partial charge < -0.3 is 10.1 Å². The molecule has 1 N–H and O–H groups in total. The minimum absolute atomic E-state index is 0.0329. The molecule has 0 heterocycles. The summed E-state index contributed by atoms with van der Waals surface area (Å²) in [6.07, 6.45) is 0.932. The zero-order valence-corrected chi connectivity index (χ0v) is 14.6. The zero-order chi connectivity index (χ0) is 16.8. The van der Waals surface area contributed by atoms with E-state index in [1.165, 1.54) is 0 Å². The highest BCUT2D eigenvalue weighted by atomic mass is 35.5. The van der Waals surface area contributed by atoms with Crippen LogP contribution < -0.4 is 10.1 Å². The molecule has 1 amide bonds. The number of amides is 1. The SMILES string of the molecule is COc1ccccc1[C@@H](C)NC(=O)CCc1ccc(Cl)cc1Cl. The van der Waals surface area contributed by atoms with Crippen molar-refractivity contribution in [3.05, 3.63) is 63.6 Å². The van der Waals surface area contributed by atoms with Gasteiger partial charge >= 0.3 is 0 Å². The summed E-state index contributed by atoms with van der Waals surface area (Å²) in [7, 11) is 1.62. The first-order valence-electron chi connectivity index (χ1n) is 7.37. The molecular formula is C18H19Cl2NO2. The predicted molar refractivity (Wildman–Crippen MR) is 94.3 cm³/mol. The third kappa shape index (κ3) is 4.88. The normalized spacial score (nSPS) is 11.8. The second-order valence-electron chi connectivity index (χ2n) is 5.27. The lowest BCUT2D eigenvalue weighted by molar-refractivity contribution is -0.121. The number of ether oxygens (including phenoxy) is 1. The van der Waals surface area contributed by atoms with Crippen LogP contribution in [0.15, 0.2) is 42.5 Å². The molecule has 0 spiro atoms. The van der Waals surface area contributed by atoms with Crippen molar-refractivity contribution in [3.63, 3.8) is 0 Å². The van der Waals surface area contributed by atoms with E-state index >= 15 is 0 Å². The number of benzene rings is 2. The molecule has 23 heavy (non-hydrogen) atoms. The molecule has 0 fully saturated rings. The lowest BCUT2D eigenvalue weighted by Crippen LogP contribution is -2.27. The molecule has 0 aromatic heterocycles. The summed E-state index contributed by atoms with van der Waals surface area (Å²) >= 11 is 12.0. The Bertz CT molecular complexity index is 688. The standard InChI is InChI=1S/C18H19Cl2NO2/c1-12(15-5-3-4-6-17(15)23-2)21-18(22)10-8-13-7-9-14(19)11-16(13)20/h3-7,9,11-12H,8,10H2,1-2H3,(H,21,22)/t12-/m1/s1. The summed E-state index contributed by atoms with van der Waals surface area (Å²) in [5.41, 5.74) is 1.86. The van der Waals surface area contributed by atoms with Gasteiger partial charge in [0, 0.05) is 22.0 Å². The van der Waals surface area contributed by atoms with Crippen LogP contribution in [0.1, 0.15) is 30.5 Å². The maximum Gasteiger partial charge on any atom is 0.220 e. The van der Waals surface area contributed by atoms with E-state index in [-0.39, 0.29) is 11.9 Å². The van der Waals surface area contributed by atoms with Gasteiger partial charge in [0.25, 0.3) is 0 Å². The number of halogens is 2. The number of aryl methyl sites for hydroxylation is 1. The van der Waals surface area contributed by atoms with Crippen LogP contribution in [0.25, 0.3) is 0 Å². The van der Waals surface area contributed by atoms with Crippen LogP contribution in [0.4, 0.5) is 0 Å². The van der Waals surface area contributed by atoms with Gasteiger partial charge in [-0.15, -0.1) is 0 Å². The number of methoxy groups -OCH3 is 1. The van der Waals surface area contributed by atoms with Crippen LogP contribution in [0.2, 0.25) is 10.0 Å². The van der Waals surface area contributed by atoms with Crippen molar-refractivity contribution in [1.29, 1.82) is 0 Å². The van der Waals surface area contributed by atoms with Crippen molar-refractivity contribution < 1.29 is 9.53 Å². The highest BCUT2D eigenvalue weighted by Gasteiger charge is 2.14. The molecular weight excluding hydrogens is 333 g/mol. The summed E-state index contributed by atoms with van der Waals surface area (Å²) in [4.78, 5) is 12.2. The van der Waals surface area contributed by atoms with Crippen LogP contribution in [-0.2, 0) is 11.2 Å². The van der Waals surface area contributed by atoms with Gasteiger partial charge in [0.1, 0.15) is 5.75 Å². The molecule has 2 aromatic carbocycles. The molecule has 5 heteroatoms. The van der Waals surface area contributed by atoms with E-state index < -0.39 is 0 Å². The van der Waals surface area contributed by atoms with Crippen LogP contribution in [0, 0.1) is 0 Å². The second kappa shape index (κ2) is 8.23. The van der Waals surface area contributed by atoms with Gasteiger partial charge in [-0.2, -0.15) is 0 Å². The molecule has 2 aromatic rings. The lowest BCUT2D eigenvalue weighted by Gasteiger charge is -2.17. The van der Waals surface area contributed by atoms with E-state index in [1.807, 2.05) is 37.3 Å². The summed E-state index contributed by atoms with van der Waals surface area (Å²) in [5, 5.41) is 4.16. The molecule has 0 aliphatic carbocycles. The third-order valence-electron chi connectivity index (χ3n) is 3.62. The second-order valence-corrected chi connectivity index (χ2v) is 6.11. The number of carbonyl (C=O) groups is 1. The maximum atomic E-state index is 12.2. The molecule has 0 aliphatic heterocycles. The summed E-state index contributed by atoms with van der Waals surface area (Å²) in [6, 6.07) is 12.8. The third-order valence-corrected chi connectivity index (χ3v) is 4.21. The average molecular weight is 352 g/mol. The first-order chi connectivity index (χ1) is 11.0. The van der Waals surface area contributed by atoms with Crippen molar-refractivity contribution in [2.24, 2.45) is 0 Å². The highest BCUT2D eigenvalue weighted by Crippen LogP contribution is 2.25. The van der Waals surface area contributed by atoms with E-state index in [1.54, 1.807) is 19.2 Å². The molecule has 0 saturated carbocycles. The Labute approximate surface area is 146 Å². The molecule has 2 rings (SSSR count). The fraction of sp³-hybridized carbons (Fsp3) is 0.278. The van der Waals surface area contributed by atoms with Gasteiger partial charge in [-0.3, -0.25) is 4.79 Å². The molecule has 0 saturated heterocycles. The Morgan fingerprint density at radius 2 is 1.96 bits per heavy atom. The van der Waals surface area contributed by atoms with Crippen molar-refractivity contribution in [1.82, 2.24) is 5.32 Å². The number of hydrogen-bond acceptors (Lipinski definition) is 2. The molecule has 1 atom stereocenters. The van der Waals surface area contributed by atoms with Crippen LogP contribution in [-0.4, -0.2) is 13.0 Å². The van der Waals surface area contributed by atoms with E-state index in [4.69, 9.17) is 27.9 Å². The minimum atomic E-state index is -0.126. The van der Waals surface area contributed by atoms with Gasteiger partial charge in [0.15, 0.2) is 0 Å². The van der Waals surface area contributed by atoms with Crippen molar-refractivity contribution in [2.75, 3.05) is 7.11 Å². The van der Waals surface area contributed by atoms with Crippen LogP contribution >= 0.6 is 23.2 Å². The van der Waals surface area contributed by atoms with Gasteiger partial charge in [0.2, 0.25) is 5.91 Å². The first kappa shape index (κ1) is 17.6. The Morgan fingerprint density at radius 1 is 1.22 bits per heavy atom. The predicted octanol–water partition coefficient (Wildman–Crippen LogP) is 4.81. The van der Waals surface area contributed by atoms with E-state index in [9.17, 15) is 4.79 Å².